The summed E-state index contributed by atoms with van der Waals surface area (Å²) in [4.78, 5) is 22.8. The quantitative estimate of drug-likeness (QED) is 0.603. The van der Waals surface area contributed by atoms with Crippen molar-refractivity contribution in [2.24, 2.45) is 0 Å². The molecule has 30 heavy (non-hydrogen) atoms. The lowest BCUT2D eigenvalue weighted by molar-refractivity contribution is -0.122. The lowest BCUT2D eigenvalue weighted by Gasteiger charge is -2.26. The Morgan fingerprint density at radius 3 is 2.47 bits per heavy atom. The fraction of sp³-hybridized carbons (Fsp3) is 0.222. The number of anilines is 1. The fourth-order valence-electron chi connectivity index (χ4n) is 2.81. The Balaban J connectivity index is 1.88. The number of nitrogens with one attached hydrogen (secondary N) is 2. The van der Waals surface area contributed by atoms with E-state index in [1.165, 1.54) is 49.6 Å². The van der Waals surface area contributed by atoms with E-state index in [0.29, 0.717) is 0 Å². The number of sulfonamides is 2. The van der Waals surface area contributed by atoms with Gasteiger partial charge in [-0.3, -0.25) is 9.52 Å². The van der Waals surface area contributed by atoms with Crippen LogP contribution in [-0.2, 0) is 29.6 Å². The third-order valence-corrected chi connectivity index (χ3v) is 7.51. The Morgan fingerprint density at radius 2 is 1.77 bits per heavy atom. The molecule has 1 fully saturated rings. The number of nitrogens with zero attached hydrogens (tertiary/aromatic N) is 1. The summed E-state index contributed by atoms with van der Waals surface area (Å²) in [7, 11) is -6.91. The van der Waals surface area contributed by atoms with Crippen LogP contribution in [0.3, 0.4) is 0 Å². The Labute approximate surface area is 173 Å². The first-order valence-electron chi connectivity index (χ1n) is 8.71. The molecule has 0 bridgehead atoms. The predicted octanol–water partition coefficient (Wildman–Crippen LogP) is 0.394. The number of carbonyl (C=O) groups excluding carboxylic acids is 2. The van der Waals surface area contributed by atoms with E-state index in [4.69, 9.17) is 0 Å². The number of ether oxygens (including phenoxy) is 1. The van der Waals surface area contributed by atoms with Gasteiger partial charge in [0.1, 0.15) is 0 Å². The van der Waals surface area contributed by atoms with Gasteiger partial charge in [0, 0.05) is 13.1 Å². The van der Waals surface area contributed by atoms with E-state index in [9.17, 15) is 26.4 Å². The van der Waals surface area contributed by atoms with Gasteiger partial charge in [-0.2, -0.15) is 4.31 Å². The number of benzene rings is 2. The Kier molecular flexibility index (Phi) is 6.10. The predicted molar refractivity (Wildman–Crippen MR) is 107 cm³/mol. The van der Waals surface area contributed by atoms with Crippen LogP contribution in [-0.4, -0.2) is 59.8 Å². The minimum atomic E-state index is -4.10. The number of amides is 1. The van der Waals surface area contributed by atoms with Crippen LogP contribution in [0.25, 0.3) is 0 Å². The molecule has 0 atom stereocenters. The van der Waals surface area contributed by atoms with Gasteiger partial charge in [0.15, 0.2) is 0 Å². The number of esters is 1. The Bertz CT molecular complexity index is 1190. The molecule has 0 spiro atoms. The molecule has 0 unspecified atom stereocenters. The normalized spacial score (nSPS) is 15.3. The van der Waals surface area contributed by atoms with Gasteiger partial charge in [-0.1, -0.05) is 12.1 Å². The fourth-order valence-corrected chi connectivity index (χ4v) is 5.35. The lowest BCUT2D eigenvalue weighted by Crippen LogP contribution is -2.49. The largest absolute Gasteiger partial charge is 0.465 e. The molecule has 3 rings (SSSR count). The average Bonchev–Trinajstić information content (AvgIpc) is 2.73. The molecule has 0 aromatic heterocycles. The maximum Gasteiger partial charge on any atom is 0.337 e. The molecule has 12 heteroatoms. The Morgan fingerprint density at radius 1 is 1.07 bits per heavy atom. The zero-order chi connectivity index (χ0) is 21.9. The van der Waals surface area contributed by atoms with Crippen molar-refractivity contribution in [1.82, 2.24) is 9.62 Å². The van der Waals surface area contributed by atoms with Gasteiger partial charge >= 0.3 is 5.97 Å². The van der Waals surface area contributed by atoms with Crippen LogP contribution in [0.4, 0.5) is 5.69 Å². The molecule has 1 heterocycles. The zero-order valence-electron chi connectivity index (χ0n) is 15.9. The van der Waals surface area contributed by atoms with Crippen LogP contribution in [0.2, 0.25) is 0 Å². The molecule has 0 aliphatic carbocycles. The molecule has 2 aromatic rings. The SMILES string of the molecule is COC(=O)c1cccc(S(=O)(=O)Nc2cccc(S(=O)(=O)N3CCNC(=O)C3)c2)c1. The van der Waals surface area contributed by atoms with Crippen LogP contribution in [0, 0.1) is 0 Å². The van der Waals surface area contributed by atoms with Crippen molar-refractivity contribution in [3.05, 3.63) is 54.1 Å². The van der Waals surface area contributed by atoms with Gasteiger partial charge in [-0.15, -0.1) is 0 Å². The minimum absolute atomic E-state index is 0.0148. The highest BCUT2D eigenvalue weighted by molar-refractivity contribution is 7.92. The van der Waals surface area contributed by atoms with Crippen molar-refractivity contribution in [3.8, 4) is 0 Å². The van der Waals surface area contributed by atoms with Crippen molar-refractivity contribution < 1.29 is 31.2 Å². The van der Waals surface area contributed by atoms with Crippen molar-refractivity contribution in [1.29, 1.82) is 0 Å². The average molecular weight is 453 g/mol. The molecule has 1 aliphatic rings. The van der Waals surface area contributed by atoms with Crippen LogP contribution >= 0.6 is 0 Å². The van der Waals surface area contributed by atoms with E-state index >= 15 is 0 Å². The molecule has 1 aliphatic heterocycles. The van der Waals surface area contributed by atoms with Crippen molar-refractivity contribution >= 4 is 37.6 Å². The molecular formula is C18H19N3O7S2. The molecule has 0 radical (unpaired) electrons. The van der Waals surface area contributed by atoms with Crippen molar-refractivity contribution in [2.45, 2.75) is 9.79 Å². The highest BCUT2D eigenvalue weighted by atomic mass is 32.2. The summed E-state index contributed by atoms with van der Waals surface area (Å²) < 4.78 is 58.9. The number of hydrogen-bond acceptors (Lipinski definition) is 7. The maximum atomic E-state index is 12.8. The second-order valence-electron chi connectivity index (χ2n) is 6.34. The number of carbonyl (C=O) groups is 2. The zero-order valence-corrected chi connectivity index (χ0v) is 17.5. The number of rotatable bonds is 6. The number of methoxy groups -OCH3 is 1. The van der Waals surface area contributed by atoms with Gasteiger partial charge in [-0.05, 0) is 36.4 Å². The van der Waals surface area contributed by atoms with E-state index in [0.717, 1.165) is 10.4 Å². The number of hydrogen-bond donors (Lipinski definition) is 2. The lowest BCUT2D eigenvalue weighted by atomic mass is 10.2. The van der Waals surface area contributed by atoms with E-state index in [1.54, 1.807) is 0 Å². The second-order valence-corrected chi connectivity index (χ2v) is 9.96. The van der Waals surface area contributed by atoms with Crippen LogP contribution < -0.4 is 10.0 Å². The maximum absolute atomic E-state index is 12.8. The molecule has 1 amide bonds. The molecule has 2 aromatic carbocycles. The van der Waals surface area contributed by atoms with E-state index in [1.807, 2.05) is 0 Å². The van der Waals surface area contributed by atoms with E-state index < -0.39 is 31.9 Å². The summed E-state index contributed by atoms with van der Waals surface area (Å²) in [6.07, 6.45) is 0. The summed E-state index contributed by atoms with van der Waals surface area (Å²) in [6, 6.07) is 10.5. The van der Waals surface area contributed by atoms with Crippen LogP contribution in [0.15, 0.2) is 58.3 Å². The standard InChI is InChI=1S/C18H19N3O7S2/c1-28-18(23)13-4-2-6-15(10-13)29(24,25)20-14-5-3-7-16(11-14)30(26,27)21-9-8-19-17(22)12-21/h2-7,10-11,20H,8-9,12H2,1H3,(H,19,22). The first-order chi connectivity index (χ1) is 14.1. The monoisotopic (exact) mass is 453 g/mol. The topological polar surface area (TPSA) is 139 Å². The van der Waals surface area contributed by atoms with Crippen LogP contribution in [0.5, 0.6) is 0 Å². The van der Waals surface area contributed by atoms with Crippen LogP contribution in [0.1, 0.15) is 10.4 Å². The molecule has 1 saturated heterocycles. The summed E-state index contributed by atoms with van der Waals surface area (Å²) in [5.74, 6) is -1.10. The van der Waals surface area contributed by atoms with Crippen molar-refractivity contribution in [2.75, 3.05) is 31.5 Å². The second kappa shape index (κ2) is 8.42. The Hall–Kier alpha value is -2.96. The molecule has 2 N–H and O–H groups in total. The van der Waals surface area contributed by atoms with E-state index in [-0.39, 0.29) is 40.7 Å². The van der Waals surface area contributed by atoms with Gasteiger partial charge in [0.2, 0.25) is 15.9 Å². The molecular weight excluding hydrogens is 434 g/mol. The van der Waals surface area contributed by atoms with Gasteiger partial charge in [0.05, 0.1) is 34.7 Å². The third kappa shape index (κ3) is 4.61. The van der Waals surface area contributed by atoms with E-state index in [2.05, 4.69) is 14.8 Å². The van der Waals surface area contributed by atoms with Gasteiger partial charge < -0.3 is 10.1 Å². The third-order valence-electron chi connectivity index (χ3n) is 4.29. The first-order valence-corrected chi connectivity index (χ1v) is 11.6. The molecule has 0 saturated carbocycles. The summed E-state index contributed by atoms with van der Waals surface area (Å²) >= 11 is 0. The summed E-state index contributed by atoms with van der Waals surface area (Å²) in [5.41, 5.74) is 0.0704. The minimum Gasteiger partial charge on any atom is -0.465 e. The highest BCUT2D eigenvalue weighted by Gasteiger charge is 2.29. The number of piperazine rings is 1. The summed E-state index contributed by atoms with van der Waals surface area (Å²) in [5, 5.41) is 2.54. The highest BCUT2D eigenvalue weighted by Crippen LogP contribution is 2.23. The smallest absolute Gasteiger partial charge is 0.337 e. The van der Waals surface area contributed by atoms with Crippen molar-refractivity contribution in [3.63, 3.8) is 0 Å². The summed E-state index contributed by atoms with van der Waals surface area (Å²) in [6.45, 7) is 0.00384. The van der Waals surface area contributed by atoms with Gasteiger partial charge in [-0.25, -0.2) is 21.6 Å². The van der Waals surface area contributed by atoms with Gasteiger partial charge in [0.25, 0.3) is 10.0 Å². The molecule has 160 valence electrons. The first kappa shape index (κ1) is 21.7. The molecule has 10 nitrogen and oxygen atoms in total.